The van der Waals surface area contributed by atoms with Crippen molar-refractivity contribution in [3.05, 3.63) is 27.7 Å². The van der Waals surface area contributed by atoms with Gasteiger partial charge in [0.25, 0.3) is 0 Å². The highest BCUT2D eigenvalue weighted by Gasteiger charge is 2.10. The van der Waals surface area contributed by atoms with Crippen LogP contribution in [0.1, 0.15) is 12.5 Å². The zero-order valence-corrected chi connectivity index (χ0v) is 8.78. The smallest absolute Gasteiger partial charge is 0.221 e. The van der Waals surface area contributed by atoms with Crippen LogP contribution in [0.25, 0.3) is 0 Å². The van der Waals surface area contributed by atoms with Crippen LogP contribution in [0.2, 0.25) is 10.0 Å². The lowest BCUT2D eigenvalue weighted by Gasteiger charge is -2.06. The number of nitrogens with zero attached hydrogens (tertiary/aromatic N) is 1. The lowest BCUT2D eigenvalue weighted by atomic mass is 10.2. The number of anilines is 1. The highest BCUT2D eigenvalue weighted by molar-refractivity contribution is 6.43. The minimum atomic E-state index is -0.264. The number of halogens is 2. The first-order valence-electron chi connectivity index (χ1n) is 3.72. The van der Waals surface area contributed by atoms with Crippen LogP contribution in [0.15, 0.2) is 12.1 Å². The van der Waals surface area contributed by atoms with Gasteiger partial charge in [0.05, 0.1) is 21.3 Å². The van der Waals surface area contributed by atoms with E-state index in [4.69, 9.17) is 28.5 Å². The van der Waals surface area contributed by atoms with Gasteiger partial charge in [-0.15, -0.1) is 0 Å². The lowest BCUT2D eigenvalue weighted by Crippen LogP contribution is -2.07. The van der Waals surface area contributed by atoms with Crippen LogP contribution in [-0.2, 0) is 4.79 Å². The van der Waals surface area contributed by atoms with Gasteiger partial charge in [0.1, 0.15) is 6.07 Å². The fraction of sp³-hybridized carbons (Fsp3) is 0.111. The SMILES string of the molecule is CC(=O)Nc1ccc(Cl)c(Cl)c1C#N. The number of nitrogens with one attached hydrogen (secondary N) is 1. The van der Waals surface area contributed by atoms with Crippen LogP contribution < -0.4 is 5.32 Å². The molecule has 3 nitrogen and oxygen atoms in total. The molecule has 1 amide bonds. The van der Waals surface area contributed by atoms with Crippen molar-refractivity contribution in [2.45, 2.75) is 6.92 Å². The second-order valence-electron chi connectivity index (χ2n) is 2.58. The Morgan fingerprint density at radius 1 is 1.50 bits per heavy atom. The predicted molar refractivity (Wildman–Crippen MR) is 55.5 cm³/mol. The Morgan fingerprint density at radius 2 is 2.14 bits per heavy atom. The van der Waals surface area contributed by atoms with Crippen LogP contribution in [0.3, 0.4) is 0 Å². The summed E-state index contributed by atoms with van der Waals surface area (Å²) in [6.45, 7) is 1.35. The van der Waals surface area contributed by atoms with Crippen molar-refractivity contribution in [1.82, 2.24) is 0 Å². The molecule has 0 fully saturated rings. The highest BCUT2D eigenvalue weighted by atomic mass is 35.5. The van der Waals surface area contributed by atoms with Crippen molar-refractivity contribution in [2.75, 3.05) is 5.32 Å². The molecule has 1 N–H and O–H groups in total. The van der Waals surface area contributed by atoms with Crippen molar-refractivity contribution >= 4 is 34.8 Å². The molecule has 1 rings (SSSR count). The molecular formula is C9H6Cl2N2O. The van der Waals surface area contributed by atoms with Crippen molar-refractivity contribution in [3.63, 3.8) is 0 Å². The second kappa shape index (κ2) is 4.32. The maximum absolute atomic E-state index is 10.8. The summed E-state index contributed by atoms with van der Waals surface area (Å²) in [5.41, 5.74) is 0.545. The van der Waals surface area contributed by atoms with Gasteiger partial charge in [-0.05, 0) is 12.1 Å². The Balaban J connectivity index is 3.26. The molecule has 5 heteroatoms. The molecule has 72 valence electrons. The standard InChI is InChI=1S/C9H6Cl2N2O/c1-5(14)13-8-3-2-7(10)9(11)6(8)4-12/h2-3H,1H3,(H,13,14). The van der Waals surface area contributed by atoms with Gasteiger partial charge in [0.15, 0.2) is 0 Å². The van der Waals surface area contributed by atoms with Crippen molar-refractivity contribution in [2.24, 2.45) is 0 Å². The Bertz CT molecular complexity index is 424. The molecule has 0 bridgehead atoms. The van der Waals surface area contributed by atoms with Crippen LogP contribution >= 0.6 is 23.2 Å². The van der Waals surface area contributed by atoms with E-state index < -0.39 is 0 Å². The molecule has 0 atom stereocenters. The number of carbonyl (C=O) groups excluding carboxylic acids is 1. The summed E-state index contributed by atoms with van der Waals surface area (Å²) in [6.07, 6.45) is 0. The quantitative estimate of drug-likeness (QED) is 0.804. The zero-order valence-electron chi connectivity index (χ0n) is 7.27. The monoisotopic (exact) mass is 228 g/mol. The van der Waals surface area contributed by atoms with Gasteiger partial charge in [-0.25, -0.2) is 0 Å². The van der Waals surface area contributed by atoms with E-state index >= 15 is 0 Å². The largest absolute Gasteiger partial charge is 0.325 e. The third-order valence-corrected chi connectivity index (χ3v) is 2.32. The first kappa shape index (κ1) is 10.8. The van der Waals surface area contributed by atoms with Gasteiger partial charge < -0.3 is 5.32 Å². The lowest BCUT2D eigenvalue weighted by molar-refractivity contribution is -0.114. The van der Waals surface area contributed by atoms with Crippen molar-refractivity contribution in [3.8, 4) is 6.07 Å². The Hall–Kier alpha value is -1.24. The summed E-state index contributed by atoms with van der Waals surface area (Å²) in [5.74, 6) is -0.264. The summed E-state index contributed by atoms with van der Waals surface area (Å²) >= 11 is 11.5. The molecule has 0 aliphatic carbocycles. The molecule has 1 aromatic carbocycles. The fourth-order valence-corrected chi connectivity index (χ4v) is 1.32. The molecule has 0 spiro atoms. The molecule has 1 aromatic rings. The average Bonchev–Trinajstić information content (AvgIpc) is 2.11. The number of amides is 1. The summed E-state index contributed by atoms with van der Waals surface area (Å²) in [6, 6.07) is 4.94. The third-order valence-electron chi connectivity index (χ3n) is 1.52. The van der Waals surface area contributed by atoms with E-state index in [9.17, 15) is 4.79 Å². The van der Waals surface area contributed by atoms with E-state index in [1.807, 2.05) is 6.07 Å². The number of benzene rings is 1. The summed E-state index contributed by atoms with van der Waals surface area (Å²) in [7, 11) is 0. The number of hydrogen-bond acceptors (Lipinski definition) is 2. The van der Waals surface area contributed by atoms with Crippen molar-refractivity contribution in [1.29, 1.82) is 5.26 Å². The topological polar surface area (TPSA) is 52.9 Å². The number of rotatable bonds is 1. The van der Waals surface area contributed by atoms with Crippen LogP contribution in [0.5, 0.6) is 0 Å². The molecule has 0 saturated heterocycles. The van der Waals surface area contributed by atoms with Crippen LogP contribution in [-0.4, -0.2) is 5.91 Å². The molecule has 0 aliphatic rings. The molecule has 0 radical (unpaired) electrons. The molecule has 0 saturated carbocycles. The van der Waals surface area contributed by atoms with Gasteiger partial charge in [0, 0.05) is 6.92 Å². The molecule has 14 heavy (non-hydrogen) atoms. The Morgan fingerprint density at radius 3 is 2.64 bits per heavy atom. The summed E-state index contributed by atoms with van der Waals surface area (Å²) < 4.78 is 0. The molecule has 0 unspecified atom stereocenters. The summed E-state index contributed by atoms with van der Waals surface area (Å²) in [5, 5.41) is 11.7. The van der Waals surface area contributed by atoms with E-state index in [1.165, 1.54) is 19.1 Å². The third kappa shape index (κ3) is 2.16. The van der Waals surface area contributed by atoms with Crippen LogP contribution in [0.4, 0.5) is 5.69 Å². The minimum absolute atomic E-state index is 0.153. The average molecular weight is 229 g/mol. The van der Waals surface area contributed by atoms with E-state index in [1.54, 1.807) is 0 Å². The predicted octanol–water partition coefficient (Wildman–Crippen LogP) is 2.82. The Labute approximate surface area is 91.2 Å². The molecule has 0 heterocycles. The van der Waals surface area contributed by atoms with Gasteiger partial charge >= 0.3 is 0 Å². The second-order valence-corrected chi connectivity index (χ2v) is 3.36. The first-order chi connectivity index (χ1) is 6.56. The molecular weight excluding hydrogens is 223 g/mol. The summed E-state index contributed by atoms with van der Waals surface area (Å²) in [4.78, 5) is 10.8. The minimum Gasteiger partial charge on any atom is -0.325 e. The van der Waals surface area contributed by atoms with Gasteiger partial charge in [-0.3, -0.25) is 4.79 Å². The van der Waals surface area contributed by atoms with E-state index in [-0.39, 0.29) is 21.5 Å². The number of nitriles is 1. The zero-order chi connectivity index (χ0) is 10.7. The number of carbonyl (C=O) groups is 1. The number of hydrogen-bond donors (Lipinski definition) is 1. The maximum Gasteiger partial charge on any atom is 0.221 e. The van der Waals surface area contributed by atoms with E-state index in [0.717, 1.165) is 0 Å². The Kier molecular flexibility index (Phi) is 3.34. The van der Waals surface area contributed by atoms with E-state index in [0.29, 0.717) is 5.69 Å². The fourth-order valence-electron chi connectivity index (χ4n) is 0.954. The maximum atomic E-state index is 10.8. The first-order valence-corrected chi connectivity index (χ1v) is 4.47. The van der Waals surface area contributed by atoms with E-state index in [2.05, 4.69) is 5.32 Å². The molecule has 0 aliphatic heterocycles. The van der Waals surface area contributed by atoms with Gasteiger partial charge in [-0.1, -0.05) is 23.2 Å². The van der Waals surface area contributed by atoms with Crippen LogP contribution in [0, 0.1) is 11.3 Å². The van der Waals surface area contributed by atoms with Gasteiger partial charge in [0.2, 0.25) is 5.91 Å². The molecule has 0 aromatic heterocycles. The van der Waals surface area contributed by atoms with Gasteiger partial charge in [-0.2, -0.15) is 5.26 Å². The normalized spacial score (nSPS) is 9.29. The van der Waals surface area contributed by atoms with Crippen molar-refractivity contribution < 1.29 is 4.79 Å². The highest BCUT2D eigenvalue weighted by Crippen LogP contribution is 2.30.